The van der Waals surface area contributed by atoms with Crippen LogP contribution in [0, 0.1) is 6.92 Å². The number of nitrogens with zero attached hydrogens (tertiary/aromatic N) is 2. The molecule has 0 spiro atoms. The van der Waals surface area contributed by atoms with Gasteiger partial charge in [0.25, 0.3) is 5.56 Å². The Morgan fingerprint density at radius 2 is 2.06 bits per heavy atom. The molecule has 0 radical (unpaired) electrons. The molecule has 0 fully saturated rings. The average Bonchev–Trinajstić information content (AvgIpc) is 2.80. The van der Waals surface area contributed by atoms with Crippen LogP contribution in [0.1, 0.15) is 5.56 Å². The van der Waals surface area contributed by atoms with Crippen molar-refractivity contribution in [2.45, 2.75) is 6.92 Å². The maximum absolute atomic E-state index is 12.2. The molecule has 1 aromatic carbocycles. The lowest BCUT2D eigenvalue weighted by Gasteiger charge is -2.08. The van der Waals surface area contributed by atoms with Crippen LogP contribution in [0.4, 0.5) is 0 Å². The van der Waals surface area contributed by atoms with E-state index in [9.17, 15) is 4.79 Å². The van der Waals surface area contributed by atoms with E-state index >= 15 is 0 Å². The fourth-order valence-electron chi connectivity index (χ4n) is 1.96. The Balaban J connectivity index is 2.35. The van der Waals surface area contributed by atoms with E-state index in [0.717, 1.165) is 16.8 Å². The van der Waals surface area contributed by atoms with Gasteiger partial charge in [-0.05, 0) is 24.6 Å². The van der Waals surface area contributed by atoms with E-state index in [2.05, 4.69) is 10.2 Å². The van der Waals surface area contributed by atoms with Gasteiger partial charge in [0.15, 0.2) is 0 Å². The highest BCUT2D eigenvalue weighted by Crippen LogP contribution is 2.13. The van der Waals surface area contributed by atoms with Gasteiger partial charge in [-0.25, -0.2) is 0 Å². The first-order valence-electron chi connectivity index (χ1n) is 5.38. The topological polar surface area (TPSA) is 50.7 Å². The van der Waals surface area contributed by atoms with Crippen LogP contribution in [0.15, 0.2) is 47.5 Å². The number of hydrogen-bond donors (Lipinski definition) is 1. The van der Waals surface area contributed by atoms with E-state index in [1.165, 1.54) is 0 Å². The van der Waals surface area contributed by atoms with E-state index in [4.69, 9.17) is 0 Å². The summed E-state index contributed by atoms with van der Waals surface area (Å²) in [6.07, 6.45) is 3.33. The van der Waals surface area contributed by atoms with Crippen molar-refractivity contribution >= 4 is 10.9 Å². The molecule has 0 atom stereocenters. The fourth-order valence-corrected chi connectivity index (χ4v) is 1.96. The van der Waals surface area contributed by atoms with Crippen molar-refractivity contribution in [3.8, 4) is 5.69 Å². The Morgan fingerprint density at radius 3 is 2.88 bits per heavy atom. The standard InChI is InChI=1S/C13H11N3O/c1-9-4-2-3-5-12(9)16-7-6-11-10(13(16)17)8-14-15-11/h2-8H,1H3,(H,14,15). The number of benzene rings is 1. The van der Waals surface area contributed by atoms with Crippen LogP contribution in [0.3, 0.4) is 0 Å². The van der Waals surface area contributed by atoms with Crippen LogP contribution in [0.5, 0.6) is 0 Å². The second-order valence-corrected chi connectivity index (χ2v) is 3.97. The number of H-pyrrole nitrogens is 1. The summed E-state index contributed by atoms with van der Waals surface area (Å²) in [5, 5.41) is 7.28. The highest BCUT2D eigenvalue weighted by molar-refractivity contribution is 5.76. The zero-order chi connectivity index (χ0) is 11.8. The number of fused-ring (bicyclic) bond motifs is 1. The molecule has 3 rings (SSSR count). The predicted molar refractivity (Wildman–Crippen MR) is 66.4 cm³/mol. The minimum absolute atomic E-state index is 0.0504. The second-order valence-electron chi connectivity index (χ2n) is 3.97. The fraction of sp³-hybridized carbons (Fsp3) is 0.0769. The largest absolute Gasteiger partial charge is 0.283 e. The molecule has 0 amide bonds. The van der Waals surface area contributed by atoms with Crippen molar-refractivity contribution in [3.05, 3.63) is 58.6 Å². The lowest BCUT2D eigenvalue weighted by Crippen LogP contribution is -2.17. The van der Waals surface area contributed by atoms with Gasteiger partial charge in [0.2, 0.25) is 0 Å². The zero-order valence-electron chi connectivity index (χ0n) is 9.34. The molecule has 0 saturated carbocycles. The Hall–Kier alpha value is -2.36. The molecule has 4 nitrogen and oxygen atoms in total. The molecule has 2 aromatic heterocycles. The molecule has 1 N–H and O–H groups in total. The summed E-state index contributed by atoms with van der Waals surface area (Å²) in [7, 11) is 0. The van der Waals surface area contributed by atoms with E-state index in [-0.39, 0.29) is 5.56 Å². The Kier molecular flexibility index (Phi) is 2.08. The molecule has 0 bridgehead atoms. The molecule has 0 unspecified atom stereocenters. The summed E-state index contributed by atoms with van der Waals surface area (Å²) in [6.45, 7) is 1.99. The maximum Gasteiger partial charge on any atom is 0.266 e. The summed E-state index contributed by atoms with van der Waals surface area (Å²) in [5.74, 6) is 0. The smallest absolute Gasteiger partial charge is 0.266 e. The molecule has 4 heteroatoms. The molecule has 17 heavy (non-hydrogen) atoms. The first-order valence-corrected chi connectivity index (χ1v) is 5.38. The maximum atomic E-state index is 12.2. The van der Waals surface area contributed by atoms with Gasteiger partial charge in [-0.15, -0.1) is 0 Å². The van der Waals surface area contributed by atoms with Gasteiger partial charge in [0.1, 0.15) is 0 Å². The average molecular weight is 225 g/mol. The highest BCUT2D eigenvalue weighted by Gasteiger charge is 2.06. The third-order valence-corrected chi connectivity index (χ3v) is 2.88. The molecule has 2 heterocycles. The van der Waals surface area contributed by atoms with Crippen LogP contribution in [0.25, 0.3) is 16.6 Å². The molecule has 0 aliphatic heterocycles. The van der Waals surface area contributed by atoms with Crippen molar-refractivity contribution in [1.82, 2.24) is 14.8 Å². The second kappa shape index (κ2) is 3.59. The van der Waals surface area contributed by atoms with Gasteiger partial charge in [0.05, 0.1) is 22.8 Å². The number of rotatable bonds is 1. The van der Waals surface area contributed by atoms with E-state index in [0.29, 0.717) is 5.39 Å². The van der Waals surface area contributed by atoms with Crippen LogP contribution >= 0.6 is 0 Å². The Bertz CT molecular complexity index is 740. The SMILES string of the molecule is Cc1ccccc1-n1ccc2[nH]ncc2c1=O. The van der Waals surface area contributed by atoms with Crippen LogP contribution in [0.2, 0.25) is 0 Å². The molecular formula is C13H11N3O. The minimum Gasteiger partial charge on any atom is -0.283 e. The highest BCUT2D eigenvalue weighted by atomic mass is 16.1. The predicted octanol–water partition coefficient (Wildman–Crippen LogP) is 2.02. The molecule has 0 saturated heterocycles. The van der Waals surface area contributed by atoms with Crippen LogP contribution in [-0.4, -0.2) is 14.8 Å². The summed E-state index contributed by atoms with van der Waals surface area (Å²) < 4.78 is 1.65. The van der Waals surface area contributed by atoms with Crippen LogP contribution < -0.4 is 5.56 Å². The first kappa shape index (κ1) is 9.84. The number of aromatic nitrogens is 3. The van der Waals surface area contributed by atoms with Gasteiger partial charge in [-0.2, -0.15) is 5.10 Å². The van der Waals surface area contributed by atoms with Crippen molar-refractivity contribution in [1.29, 1.82) is 0 Å². The molecule has 3 aromatic rings. The third-order valence-electron chi connectivity index (χ3n) is 2.88. The molecule has 84 valence electrons. The van der Waals surface area contributed by atoms with Gasteiger partial charge >= 0.3 is 0 Å². The Labute approximate surface area is 97.5 Å². The summed E-state index contributed by atoms with van der Waals surface area (Å²) in [4.78, 5) is 12.2. The number of aromatic amines is 1. The quantitative estimate of drug-likeness (QED) is 0.688. The summed E-state index contributed by atoms with van der Waals surface area (Å²) >= 11 is 0. The van der Waals surface area contributed by atoms with Crippen LogP contribution in [-0.2, 0) is 0 Å². The van der Waals surface area contributed by atoms with Crippen molar-refractivity contribution in [3.63, 3.8) is 0 Å². The lowest BCUT2D eigenvalue weighted by atomic mass is 10.2. The summed E-state index contributed by atoms with van der Waals surface area (Å²) in [5.41, 5.74) is 2.68. The molecular weight excluding hydrogens is 214 g/mol. The number of nitrogens with one attached hydrogen (secondary N) is 1. The van der Waals surface area contributed by atoms with E-state index in [1.54, 1.807) is 17.0 Å². The van der Waals surface area contributed by atoms with Gasteiger partial charge in [-0.3, -0.25) is 14.5 Å². The van der Waals surface area contributed by atoms with Crippen molar-refractivity contribution < 1.29 is 0 Å². The van der Waals surface area contributed by atoms with Gasteiger partial charge < -0.3 is 0 Å². The van der Waals surface area contributed by atoms with Crippen molar-refractivity contribution in [2.75, 3.05) is 0 Å². The van der Waals surface area contributed by atoms with Crippen molar-refractivity contribution in [2.24, 2.45) is 0 Å². The minimum atomic E-state index is -0.0504. The zero-order valence-corrected chi connectivity index (χ0v) is 9.34. The molecule has 0 aliphatic carbocycles. The normalized spacial score (nSPS) is 10.9. The first-order chi connectivity index (χ1) is 8.27. The number of hydrogen-bond acceptors (Lipinski definition) is 2. The number of pyridine rings is 1. The number of aryl methyl sites for hydroxylation is 1. The van der Waals surface area contributed by atoms with Gasteiger partial charge in [-0.1, -0.05) is 18.2 Å². The van der Waals surface area contributed by atoms with Gasteiger partial charge in [0, 0.05) is 6.20 Å². The number of para-hydroxylation sites is 1. The summed E-state index contributed by atoms with van der Waals surface area (Å²) in [6, 6.07) is 9.66. The third kappa shape index (κ3) is 1.45. The van der Waals surface area contributed by atoms with E-state index in [1.807, 2.05) is 37.3 Å². The lowest BCUT2D eigenvalue weighted by molar-refractivity contribution is 0.994. The molecule has 0 aliphatic rings. The monoisotopic (exact) mass is 225 g/mol. The van der Waals surface area contributed by atoms with E-state index < -0.39 is 0 Å². The Morgan fingerprint density at radius 1 is 1.24 bits per heavy atom.